The molecule has 0 aliphatic carbocycles. The predicted octanol–water partition coefficient (Wildman–Crippen LogP) is 5.40. The van der Waals surface area contributed by atoms with Crippen molar-refractivity contribution in [2.45, 2.75) is 19.8 Å². The summed E-state index contributed by atoms with van der Waals surface area (Å²) in [6.45, 7) is 4.37. The second kappa shape index (κ2) is 8.68. The Hall–Kier alpha value is -2.86. The summed E-state index contributed by atoms with van der Waals surface area (Å²) in [6, 6.07) is 14.1. The average molecular weight is 382 g/mol. The first kappa shape index (κ1) is 18.9. The third-order valence-corrected chi connectivity index (χ3v) is 4.91. The van der Waals surface area contributed by atoms with Gasteiger partial charge in [0.25, 0.3) is 0 Å². The molecule has 1 heterocycles. The summed E-state index contributed by atoms with van der Waals surface area (Å²) in [4.78, 5) is 4.58. The van der Waals surface area contributed by atoms with Gasteiger partial charge in [-0.1, -0.05) is 38.1 Å². The molecule has 27 heavy (non-hydrogen) atoms. The molecule has 0 saturated carbocycles. The van der Waals surface area contributed by atoms with Gasteiger partial charge in [0.15, 0.2) is 11.5 Å². The van der Waals surface area contributed by atoms with Gasteiger partial charge in [0.1, 0.15) is 0 Å². The van der Waals surface area contributed by atoms with E-state index in [1.807, 2.05) is 23.6 Å². The van der Waals surface area contributed by atoms with Crippen molar-refractivity contribution in [1.82, 2.24) is 4.98 Å². The van der Waals surface area contributed by atoms with Gasteiger partial charge >= 0.3 is 0 Å². The van der Waals surface area contributed by atoms with E-state index in [0.29, 0.717) is 17.4 Å². The molecular weight excluding hydrogens is 358 g/mol. The zero-order chi connectivity index (χ0) is 19.2. The van der Waals surface area contributed by atoms with Gasteiger partial charge in [-0.15, -0.1) is 11.3 Å². The zero-order valence-corrected chi connectivity index (χ0v) is 16.7. The maximum atomic E-state index is 5.35. The van der Waals surface area contributed by atoms with Gasteiger partial charge in [-0.25, -0.2) is 4.98 Å². The van der Waals surface area contributed by atoms with Crippen LogP contribution in [0.1, 0.15) is 30.9 Å². The maximum absolute atomic E-state index is 5.35. The Labute approximate surface area is 163 Å². The van der Waals surface area contributed by atoms with Crippen LogP contribution in [-0.2, 0) is 0 Å². The summed E-state index contributed by atoms with van der Waals surface area (Å²) in [5.74, 6) is 1.91. The predicted molar refractivity (Wildman–Crippen MR) is 112 cm³/mol. The molecule has 5 nitrogen and oxygen atoms in total. The molecule has 0 atom stereocenters. The van der Waals surface area contributed by atoms with E-state index in [1.54, 1.807) is 20.4 Å². The Bertz CT molecular complexity index is 917. The highest BCUT2D eigenvalue weighted by molar-refractivity contribution is 7.14. The summed E-state index contributed by atoms with van der Waals surface area (Å²) < 4.78 is 10.6. The number of aromatic nitrogens is 1. The van der Waals surface area contributed by atoms with Gasteiger partial charge in [-0.05, 0) is 35.2 Å². The Balaban J connectivity index is 1.67. The van der Waals surface area contributed by atoms with Crippen LogP contribution in [0.5, 0.6) is 11.5 Å². The molecule has 0 fully saturated rings. The van der Waals surface area contributed by atoms with Gasteiger partial charge in [0, 0.05) is 10.9 Å². The fourth-order valence-electron chi connectivity index (χ4n) is 2.58. The quantitative estimate of drug-likeness (QED) is 0.440. The number of hydrogen-bond acceptors (Lipinski definition) is 6. The number of nitrogens with zero attached hydrogens (tertiary/aromatic N) is 2. The summed E-state index contributed by atoms with van der Waals surface area (Å²) in [7, 11) is 3.24. The average Bonchev–Trinajstić information content (AvgIpc) is 3.16. The molecule has 6 heteroatoms. The van der Waals surface area contributed by atoms with Gasteiger partial charge in [0.05, 0.1) is 26.1 Å². The molecule has 3 aromatic rings. The molecular formula is C21H23N3O2S. The van der Waals surface area contributed by atoms with Crippen LogP contribution in [0.25, 0.3) is 11.3 Å². The number of thiazole rings is 1. The van der Waals surface area contributed by atoms with Gasteiger partial charge < -0.3 is 9.47 Å². The third-order valence-electron chi connectivity index (χ3n) is 4.16. The molecule has 1 N–H and O–H groups in total. The Morgan fingerprint density at radius 1 is 1.04 bits per heavy atom. The van der Waals surface area contributed by atoms with Gasteiger partial charge in [0.2, 0.25) is 5.13 Å². The Kier molecular flexibility index (Phi) is 6.08. The van der Waals surface area contributed by atoms with Crippen molar-refractivity contribution in [3.63, 3.8) is 0 Å². The van der Waals surface area contributed by atoms with E-state index in [0.717, 1.165) is 22.0 Å². The zero-order valence-electron chi connectivity index (χ0n) is 15.9. The van der Waals surface area contributed by atoms with Crippen LogP contribution in [0.4, 0.5) is 5.13 Å². The molecule has 0 aliphatic heterocycles. The van der Waals surface area contributed by atoms with E-state index in [1.165, 1.54) is 16.9 Å². The number of ether oxygens (including phenoxy) is 2. The van der Waals surface area contributed by atoms with Crippen LogP contribution in [0, 0.1) is 0 Å². The largest absolute Gasteiger partial charge is 0.493 e. The van der Waals surface area contributed by atoms with Crippen molar-refractivity contribution in [2.75, 3.05) is 19.6 Å². The molecule has 0 saturated heterocycles. The minimum Gasteiger partial charge on any atom is -0.493 e. The van der Waals surface area contributed by atoms with Crippen LogP contribution in [0.15, 0.2) is 52.9 Å². The van der Waals surface area contributed by atoms with Crippen LogP contribution in [-0.4, -0.2) is 25.4 Å². The standard InChI is InChI=1S/C21H23N3O2S/c1-14(2)16-7-5-15(6-8-16)12-22-24-21-23-18(13-27-21)17-9-10-19(25-3)20(11-17)26-4/h5-14H,1-4H3,(H,23,24)/b22-12-. The number of methoxy groups -OCH3 is 2. The minimum atomic E-state index is 0.527. The lowest BCUT2D eigenvalue weighted by molar-refractivity contribution is 0.355. The maximum Gasteiger partial charge on any atom is 0.203 e. The van der Waals surface area contributed by atoms with E-state index in [2.05, 4.69) is 53.6 Å². The number of benzene rings is 2. The second-order valence-electron chi connectivity index (χ2n) is 6.30. The fraction of sp³-hybridized carbons (Fsp3) is 0.238. The molecule has 0 amide bonds. The highest BCUT2D eigenvalue weighted by atomic mass is 32.1. The monoisotopic (exact) mass is 381 g/mol. The smallest absolute Gasteiger partial charge is 0.203 e. The van der Waals surface area contributed by atoms with Crippen molar-refractivity contribution in [3.8, 4) is 22.8 Å². The normalized spacial score (nSPS) is 11.1. The van der Waals surface area contributed by atoms with Crippen molar-refractivity contribution in [3.05, 3.63) is 59.0 Å². The lowest BCUT2D eigenvalue weighted by Gasteiger charge is -2.08. The summed E-state index contributed by atoms with van der Waals surface area (Å²) in [5, 5.41) is 7.00. The van der Waals surface area contributed by atoms with Gasteiger partial charge in [-0.2, -0.15) is 5.10 Å². The van der Waals surface area contributed by atoms with Gasteiger partial charge in [-0.3, -0.25) is 5.43 Å². The summed E-state index contributed by atoms with van der Waals surface area (Å²) in [6.07, 6.45) is 1.79. The molecule has 1 aromatic heterocycles. The Morgan fingerprint density at radius 2 is 1.78 bits per heavy atom. The topological polar surface area (TPSA) is 55.7 Å². The molecule has 140 valence electrons. The molecule has 0 bridgehead atoms. The molecule has 3 rings (SSSR count). The molecule has 0 radical (unpaired) electrons. The minimum absolute atomic E-state index is 0.527. The molecule has 2 aromatic carbocycles. The van der Waals surface area contributed by atoms with E-state index in [9.17, 15) is 0 Å². The van der Waals surface area contributed by atoms with E-state index in [4.69, 9.17) is 9.47 Å². The van der Waals surface area contributed by atoms with Crippen molar-refractivity contribution >= 4 is 22.7 Å². The lowest BCUT2D eigenvalue weighted by atomic mass is 10.0. The number of anilines is 1. The first-order valence-electron chi connectivity index (χ1n) is 8.67. The molecule has 0 spiro atoms. The highest BCUT2D eigenvalue weighted by Crippen LogP contribution is 2.33. The van der Waals surface area contributed by atoms with Crippen LogP contribution in [0.3, 0.4) is 0 Å². The summed E-state index contributed by atoms with van der Waals surface area (Å²) in [5.41, 5.74) is 7.18. The van der Waals surface area contributed by atoms with Crippen molar-refractivity contribution < 1.29 is 9.47 Å². The van der Waals surface area contributed by atoms with Crippen molar-refractivity contribution in [2.24, 2.45) is 5.10 Å². The van der Waals surface area contributed by atoms with Crippen LogP contribution < -0.4 is 14.9 Å². The SMILES string of the molecule is COc1ccc(-c2csc(N/N=C\c3ccc(C(C)C)cc3)n2)cc1OC. The van der Waals surface area contributed by atoms with E-state index >= 15 is 0 Å². The Morgan fingerprint density at radius 3 is 2.44 bits per heavy atom. The fourth-order valence-corrected chi connectivity index (χ4v) is 3.25. The number of hydrazone groups is 1. The molecule has 0 unspecified atom stereocenters. The summed E-state index contributed by atoms with van der Waals surface area (Å²) >= 11 is 1.50. The number of hydrogen-bond donors (Lipinski definition) is 1. The third kappa shape index (κ3) is 4.65. The second-order valence-corrected chi connectivity index (χ2v) is 7.16. The van der Waals surface area contributed by atoms with Crippen molar-refractivity contribution in [1.29, 1.82) is 0 Å². The lowest BCUT2D eigenvalue weighted by Crippen LogP contribution is -1.92. The van der Waals surface area contributed by atoms with E-state index < -0.39 is 0 Å². The van der Waals surface area contributed by atoms with Crippen LogP contribution in [0.2, 0.25) is 0 Å². The first-order valence-corrected chi connectivity index (χ1v) is 9.55. The number of nitrogens with one attached hydrogen (secondary N) is 1. The van der Waals surface area contributed by atoms with E-state index in [-0.39, 0.29) is 0 Å². The highest BCUT2D eigenvalue weighted by Gasteiger charge is 2.09. The number of rotatable bonds is 7. The molecule has 0 aliphatic rings. The van der Waals surface area contributed by atoms with Crippen LogP contribution >= 0.6 is 11.3 Å². The first-order chi connectivity index (χ1) is 13.1.